The number of anilines is 1. The van der Waals surface area contributed by atoms with E-state index >= 15 is 0 Å². The van der Waals surface area contributed by atoms with E-state index in [-0.39, 0.29) is 0 Å². The number of nitrogens with zero attached hydrogens (tertiary/aromatic N) is 4. The molecular formula is C25H36N4O2S. The Morgan fingerprint density at radius 1 is 1.19 bits per heavy atom. The molecule has 0 bridgehead atoms. The van der Waals surface area contributed by atoms with Gasteiger partial charge < -0.3 is 19.6 Å². The zero-order chi connectivity index (χ0) is 22.2. The van der Waals surface area contributed by atoms with Gasteiger partial charge >= 0.3 is 0 Å². The van der Waals surface area contributed by atoms with Crippen LogP contribution in [0.25, 0.3) is 0 Å². The first-order valence-electron chi connectivity index (χ1n) is 12.1. The zero-order valence-electron chi connectivity index (χ0n) is 19.4. The maximum atomic E-state index is 9.97. The lowest BCUT2D eigenvalue weighted by molar-refractivity contribution is 0.0550. The number of likely N-dealkylation sites (tertiary alicyclic amines) is 1. The SMILES string of the molecule is CC(C)(O)CCOc1ccccc1C1CCN([C@@H]2CCC3(C2)CN(c2nncs2)C3)CC1. The minimum Gasteiger partial charge on any atom is -0.493 e. The molecule has 0 unspecified atom stereocenters. The van der Waals surface area contributed by atoms with E-state index in [0.29, 0.717) is 24.4 Å². The van der Waals surface area contributed by atoms with Crippen molar-refractivity contribution in [3.05, 3.63) is 35.3 Å². The Morgan fingerprint density at radius 3 is 2.69 bits per heavy atom. The van der Waals surface area contributed by atoms with Gasteiger partial charge in [0, 0.05) is 31.0 Å². The largest absolute Gasteiger partial charge is 0.493 e. The number of ether oxygens (including phenoxy) is 1. The number of aromatic nitrogens is 2. The van der Waals surface area contributed by atoms with Crippen LogP contribution in [0.2, 0.25) is 0 Å². The Labute approximate surface area is 195 Å². The molecule has 7 heteroatoms. The van der Waals surface area contributed by atoms with Crippen LogP contribution in [0.5, 0.6) is 5.75 Å². The molecule has 3 aliphatic rings. The fourth-order valence-corrected chi connectivity index (χ4v) is 6.48. The summed E-state index contributed by atoms with van der Waals surface area (Å²) in [5.74, 6) is 1.57. The van der Waals surface area contributed by atoms with Crippen LogP contribution >= 0.6 is 11.3 Å². The number of hydrogen-bond donors (Lipinski definition) is 1. The Kier molecular flexibility index (Phi) is 6.16. The molecule has 3 fully saturated rings. The summed E-state index contributed by atoms with van der Waals surface area (Å²) in [6.45, 7) is 8.91. The van der Waals surface area contributed by atoms with Gasteiger partial charge in [0.05, 0.1) is 12.2 Å². The number of aliphatic hydroxyl groups is 1. The van der Waals surface area contributed by atoms with Crippen molar-refractivity contribution >= 4 is 16.5 Å². The third-order valence-electron chi connectivity index (χ3n) is 7.72. The van der Waals surface area contributed by atoms with Crippen LogP contribution in [-0.4, -0.2) is 64.6 Å². The van der Waals surface area contributed by atoms with Crippen molar-refractivity contribution in [2.45, 2.75) is 69.9 Å². The molecule has 2 aromatic rings. The predicted octanol–water partition coefficient (Wildman–Crippen LogP) is 4.32. The lowest BCUT2D eigenvalue weighted by Crippen LogP contribution is -2.56. The molecule has 1 atom stereocenters. The van der Waals surface area contributed by atoms with Crippen LogP contribution in [0.3, 0.4) is 0 Å². The maximum absolute atomic E-state index is 9.97. The quantitative estimate of drug-likeness (QED) is 0.670. The second kappa shape index (κ2) is 8.92. The summed E-state index contributed by atoms with van der Waals surface area (Å²) in [7, 11) is 0. The van der Waals surface area contributed by atoms with Gasteiger partial charge in [-0.15, -0.1) is 10.2 Å². The van der Waals surface area contributed by atoms with Crippen molar-refractivity contribution in [3.8, 4) is 5.75 Å². The van der Waals surface area contributed by atoms with Gasteiger partial charge in [0.2, 0.25) is 5.13 Å². The van der Waals surface area contributed by atoms with Crippen molar-refractivity contribution < 1.29 is 9.84 Å². The summed E-state index contributed by atoms with van der Waals surface area (Å²) in [4.78, 5) is 5.16. The van der Waals surface area contributed by atoms with Crippen LogP contribution in [0.4, 0.5) is 5.13 Å². The Morgan fingerprint density at radius 2 is 1.97 bits per heavy atom. The summed E-state index contributed by atoms with van der Waals surface area (Å²) in [6, 6.07) is 9.25. The standard InChI is InChI=1S/C25H36N4O2S/c1-24(2,30)11-14-31-22-6-4-3-5-21(22)19-8-12-28(13-9-19)20-7-10-25(15-20)16-29(17-25)23-27-26-18-32-23/h3-6,18-20,30H,7-17H2,1-2H3/t20-/m1/s1. The fourth-order valence-electron chi connectivity index (χ4n) is 5.91. The summed E-state index contributed by atoms with van der Waals surface area (Å²) < 4.78 is 6.10. The first kappa shape index (κ1) is 22.1. The van der Waals surface area contributed by atoms with Gasteiger partial charge in [-0.1, -0.05) is 29.5 Å². The highest BCUT2D eigenvalue weighted by molar-refractivity contribution is 7.13. The molecule has 1 aromatic heterocycles. The maximum Gasteiger partial charge on any atom is 0.208 e. The summed E-state index contributed by atoms with van der Waals surface area (Å²) in [5.41, 5.74) is 3.00. The summed E-state index contributed by atoms with van der Waals surface area (Å²) >= 11 is 1.65. The highest BCUT2D eigenvalue weighted by Gasteiger charge is 2.50. The first-order valence-corrected chi connectivity index (χ1v) is 13.0. The Balaban J connectivity index is 1.12. The van der Waals surface area contributed by atoms with E-state index < -0.39 is 5.60 Å². The third-order valence-corrected chi connectivity index (χ3v) is 8.47. The van der Waals surface area contributed by atoms with Gasteiger partial charge in [0.1, 0.15) is 11.3 Å². The van der Waals surface area contributed by atoms with Crippen LogP contribution in [0, 0.1) is 5.41 Å². The number of para-hydroxylation sites is 1. The van der Waals surface area contributed by atoms with E-state index in [1.807, 2.05) is 19.4 Å². The second-order valence-electron chi connectivity index (χ2n) is 10.7. The van der Waals surface area contributed by atoms with Crippen LogP contribution in [0.15, 0.2) is 29.8 Å². The average molecular weight is 457 g/mol. The normalized spacial score (nSPS) is 24.1. The molecule has 0 amide bonds. The third kappa shape index (κ3) is 4.80. The van der Waals surface area contributed by atoms with E-state index in [1.54, 1.807) is 11.3 Å². The van der Waals surface area contributed by atoms with Crippen LogP contribution < -0.4 is 9.64 Å². The van der Waals surface area contributed by atoms with Crippen LogP contribution in [0.1, 0.15) is 63.9 Å². The monoisotopic (exact) mass is 456 g/mol. The molecule has 6 nitrogen and oxygen atoms in total. The van der Waals surface area contributed by atoms with Crippen molar-refractivity contribution in [2.75, 3.05) is 37.7 Å². The van der Waals surface area contributed by atoms with E-state index in [2.05, 4.69) is 44.3 Å². The average Bonchev–Trinajstić information content (AvgIpc) is 3.43. The molecule has 1 aliphatic carbocycles. The van der Waals surface area contributed by atoms with Gasteiger partial charge in [-0.3, -0.25) is 0 Å². The van der Waals surface area contributed by atoms with Crippen molar-refractivity contribution in [3.63, 3.8) is 0 Å². The molecule has 1 spiro atoms. The van der Waals surface area contributed by atoms with Crippen molar-refractivity contribution in [1.29, 1.82) is 0 Å². The summed E-state index contributed by atoms with van der Waals surface area (Å²) in [5, 5.41) is 19.3. The smallest absolute Gasteiger partial charge is 0.208 e. The van der Waals surface area contributed by atoms with Gasteiger partial charge in [-0.2, -0.15) is 0 Å². The predicted molar refractivity (Wildman–Crippen MR) is 129 cm³/mol. The molecule has 1 N–H and O–H groups in total. The van der Waals surface area contributed by atoms with E-state index in [4.69, 9.17) is 4.74 Å². The van der Waals surface area contributed by atoms with Gasteiger partial charge in [0.15, 0.2) is 0 Å². The lowest BCUT2D eigenvalue weighted by Gasteiger charge is -2.48. The molecule has 2 saturated heterocycles. The topological polar surface area (TPSA) is 61.7 Å². The van der Waals surface area contributed by atoms with E-state index in [1.165, 1.54) is 50.8 Å². The number of benzene rings is 1. The zero-order valence-corrected chi connectivity index (χ0v) is 20.2. The van der Waals surface area contributed by atoms with Crippen LogP contribution in [-0.2, 0) is 0 Å². The van der Waals surface area contributed by atoms with Gasteiger partial charge in [-0.25, -0.2) is 0 Å². The van der Waals surface area contributed by atoms with Gasteiger partial charge in [-0.05, 0) is 76.6 Å². The lowest BCUT2D eigenvalue weighted by atomic mass is 9.78. The molecule has 0 radical (unpaired) electrons. The minimum absolute atomic E-state index is 0.508. The molecule has 1 aromatic carbocycles. The molecule has 5 rings (SSSR count). The van der Waals surface area contributed by atoms with Crippen molar-refractivity contribution in [1.82, 2.24) is 15.1 Å². The number of rotatable bonds is 7. The fraction of sp³-hybridized carbons (Fsp3) is 0.680. The molecule has 2 aliphatic heterocycles. The van der Waals surface area contributed by atoms with E-state index in [0.717, 1.165) is 30.0 Å². The molecule has 32 heavy (non-hydrogen) atoms. The van der Waals surface area contributed by atoms with Crippen molar-refractivity contribution in [2.24, 2.45) is 5.41 Å². The second-order valence-corrected chi connectivity index (χ2v) is 11.5. The first-order chi connectivity index (χ1) is 15.4. The highest BCUT2D eigenvalue weighted by atomic mass is 32.1. The highest BCUT2D eigenvalue weighted by Crippen LogP contribution is 2.49. The molecule has 174 valence electrons. The number of piperidine rings is 1. The molecular weight excluding hydrogens is 420 g/mol. The molecule has 3 heterocycles. The van der Waals surface area contributed by atoms with E-state index in [9.17, 15) is 5.11 Å². The number of hydrogen-bond acceptors (Lipinski definition) is 7. The Bertz CT molecular complexity index is 884. The molecule has 1 saturated carbocycles. The van der Waals surface area contributed by atoms with Gasteiger partial charge in [0.25, 0.3) is 0 Å². The minimum atomic E-state index is -0.687. The summed E-state index contributed by atoms with van der Waals surface area (Å²) in [6.07, 6.45) is 7.07. The Hall–Kier alpha value is -1.70.